The quantitative estimate of drug-likeness (QED) is 0.0528. The third-order valence-electron chi connectivity index (χ3n) is 18.5. The summed E-state index contributed by atoms with van der Waals surface area (Å²) in [6.45, 7) is 23.6. The fourth-order valence-electron chi connectivity index (χ4n) is 14.1. The van der Waals surface area contributed by atoms with Crippen molar-refractivity contribution in [1.82, 2.24) is 19.8 Å². The Morgan fingerprint density at radius 3 is 2.29 bits per heavy atom. The Labute approximate surface area is 441 Å². The van der Waals surface area contributed by atoms with E-state index >= 15 is 0 Å². The minimum Gasteiger partial charge on any atom is -0.446 e. The fourth-order valence-corrected chi connectivity index (χ4v) is 14.1. The van der Waals surface area contributed by atoms with E-state index in [4.69, 9.17) is 14.2 Å². The highest BCUT2D eigenvalue weighted by molar-refractivity contribution is 5.87. The third kappa shape index (κ3) is 18.8. The summed E-state index contributed by atoms with van der Waals surface area (Å²) in [6, 6.07) is -0.718. The van der Waals surface area contributed by atoms with Crippen molar-refractivity contribution in [1.29, 1.82) is 0 Å². The Bertz CT molecular complexity index is 1780. The molecule has 410 valence electrons. The summed E-state index contributed by atoms with van der Waals surface area (Å²) in [5.41, 5.74) is 2.94. The van der Waals surface area contributed by atoms with E-state index in [-0.39, 0.29) is 23.4 Å². The smallest absolute Gasteiger partial charge is 0.408 e. The van der Waals surface area contributed by atoms with Crippen LogP contribution in [0.25, 0.3) is 0 Å². The SMILES string of the molecule is CCCCC/C=C\C/C=C\CCCCCCCCOCC(CN(CC)CC)OCCCC(=O)[C@H](Cc1cn(C)cn1)NC(=O)O[C@H]1CC[C@@]2(C)C(=CC[C@H]3[C@@H]4CC[C@H]([C@H](C)CCCC(C)C)[C@@]4(C)CC[C@@H]32)C1. The van der Waals surface area contributed by atoms with Crippen LogP contribution in [0.3, 0.4) is 0 Å². The number of aromatic nitrogens is 2. The van der Waals surface area contributed by atoms with Gasteiger partial charge in [0.05, 0.1) is 30.8 Å². The number of hydrogen-bond acceptors (Lipinski definition) is 7. The molecule has 0 radical (unpaired) electrons. The lowest BCUT2D eigenvalue weighted by Gasteiger charge is -2.58. The predicted octanol–water partition coefficient (Wildman–Crippen LogP) is 15.4. The van der Waals surface area contributed by atoms with Gasteiger partial charge in [-0.1, -0.05) is 149 Å². The van der Waals surface area contributed by atoms with Crippen LogP contribution >= 0.6 is 0 Å². The van der Waals surface area contributed by atoms with Gasteiger partial charge >= 0.3 is 6.09 Å². The number of hydrogen-bond donors (Lipinski definition) is 1. The molecule has 1 aromatic heterocycles. The average Bonchev–Trinajstić information content (AvgIpc) is 3.94. The number of unbranched alkanes of at least 4 members (excludes halogenated alkanes) is 9. The molecule has 0 saturated heterocycles. The van der Waals surface area contributed by atoms with Crippen LogP contribution in [0.4, 0.5) is 4.79 Å². The Balaban J connectivity index is 1.03. The number of aryl methyl sites for hydroxylation is 1. The number of alkyl carbamates (subject to hydrolysis) is 1. The van der Waals surface area contributed by atoms with E-state index in [1.165, 1.54) is 121 Å². The topological polar surface area (TPSA) is 94.9 Å². The molecule has 1 unspecified atom stereocenters. The first-order chi connectivity index (χ1) is 34.8. The number of nitrogens with one attached hydrogen (secondary N) is 1. The second-order valence-electron chi connectivity index (χ2n) is 24.2. The molecule has 9 nitrogen and oxygen atoms in total. The molecule has 4 aliphatic carbocycles. The van der Waals surface area contributed by atoms with Gasteiger partial charge in [-0.15, -0.1) is 0 Å². The number of allylic oxidation sites excluding steroid dienone is 5. The van der Waals surface area contributed by atoms with Crippen molar-refractivity contribution in [3.8, 4) is 0 Å². The van der Waals surface area contributed by atoms with E-state index in [9.17, 15) is 9.59 Å². The molecule has 0 aromatic carbocycles. The molecule has 1 aromatic rings. The summed E-state index contributed by atoms with van der Waals surface area (Å²) in [4.78, 5) is 34.6. The number of imidazole rings is 1. The molecule has 5 rings (SSSR count). The maximum atomic E-state index is 13.9. The predicted molar refractivity (Wildman–Crippen MR) is 299 cm³/mol. The molecule has 3 saturated carbocycles. The van der Waals surface area contributed by atoms with Gasteiger partial charge < -0.3 is 29.0 Å². The number of nitrogens with zero attached hydrogens (tertiary/aromatic N) is 3. The normalized spacial score (nSPS) is 26.4. The zero-order valence-corrected chi connectivity index (χ0v) is 47.7. The fraction of sp³-hybridized carbons (Fsp3) is 0.825. The first-order valence-corrected chi connectivity index (χ1v) is 30.2. The summed E-state index contributed by atoms with van der Waals surface area (Å²) < 4.78 is 20.7. The maximum Gasteiger partial charge on any atom is 0.408 e. The van der Waals surface area contributed by atoms with Crippen molar-refractivity contribution in [2.75, 3.05) is 39.5 Å². The molecule has 3 fully saturated rings. The Hall–Kier alpha value is -2.75. The van der Waals surface area contributed by atoms with Crippen LogP contribution in [0.1, 0.15) is 222 Å². The maximum absolute atomic E-state index is 13.9. The molecule has 0 spiro atoms. The van der Waals surface area contributed by atoms with E-state index in [1.807, 2.05) is 17.8 Å². The van der Waals surface area contributed by atoms with Crippen molar-refractivity contribution < 1.29 is 23.8 Å². The van der Waals surface area contributed by atoms with E-state index in [2.05, 4.69) is 101 Å². The van der Waals surface area contributed by atoms with Crippen LogP contribution < -0.4 is 5.32 Å². The lowest BCUT2D eigenvalue weighted by atomic mass is 9.47. The standard InChI is InChI=1S/C63H108N4O5/c1-10-13-14-15-16-17-18-19-20-21-22-23-24-25-26-27-41-70-47-54(46-67(11-2)12-3)71-42-29-32-60(68)59(44-52-45-66(9)48-64-52)65-61(69)72-53-37-39-62(7)51(43-53)33-34-55-57-36-35-56(50(6)31-28-30-49(4)5)63(57,8)40-38-58(55)62/h16-17,19-20,33,45,48-50,53-59H,10-15,18,21-32,34-44,46-47H2,1-9H3,(H,65,69)/b17-16-,20-19-/t50-,53+,54?,55+,56-,57+,58+,59+,62+,63-/m1/s1. The Morgan fingerprint density at radius 1 is 0.847 bits per heavy atom. The lowest BCUT2D eigenvalue weighted by molar-refractivity contribution is -0.121. The minimum absolute atomic E-state index is 0.0178. The Kier molecular flexibility index (Phi) is 26.7. The monoisotopic (exact) mass is 1000 g/mol. The molecule has 1 N–H and O–H groups in total. The zero-order valence-electron chi connectivity index (χ0n) is 47.7. The number of ketones is 1. The van der Waals surface area contributed by atoms with E-state index in [0.29, 0.717) is 37.9 Å². The van der Waals surface area contributed by atoms with Gasteiger partial charge in [-0.3, -0.25) is 4.79 Å². The summed E-state index contributed by atoms with van der Waals surface area (Å²) in [6.07, 6.45) is 44.3. The Morgan fingerprint density at radius 2 is 1.58 bits per heavy atom. The van der Waals surface area contributed by atoms with Gasteiger partial charge in [0.25, 0.3) is 0 Å². The second-order valence-corrected chi connectivity index (χ2v) is 24.2. The number of ether oxygens (including phenoxy) is 3. The highest BCUT2D eigenvalue weighted by atomic mass is 16.6. The van der Waals surface area contributed by atoms with Gasteiger partial charge in [0.15, 0.2) is 5.78 Å². The van der Waals surface area contributed by atoms with E-state index in [0.717, 1.165) is 99.5 Å². The number of likely N-dealkylation sites (N-methyl/N-ethyl adjacent to an activating group) is 1. The molecule has 10 atom stereocenters. The van der Waals surface area contributed by atoms with Crippen LogP contribution in [0.5, 0.6) is 0 Å². The number of amides is 1. The summed E-state index contributed by atoms with van der Waals surface area (Å²) >= 11 is 0. The van der Waals surface area contributed by atoms with Crippen molar-refractivity contribution in [3.63, 3.8) is 0 Å². The van der Waals surface area contributed by atoms with Crippen LogP contribution in [0.15, 0.2) is 48.5 Å². The highest BCUT2D eigenvalue weighted by Gasteiger charge is 2.59. The molecule has 1 amide bonds. The molecular weight excluding hydrogens is 893 g/mol. The number of carbonyl (C=O) groups is 2. The average molecular weight is 1000 g/mol. The molecule has 4 aliphatic rings. The van der Waals surface area contributed by atoms with Crippen molar-refractivity contribution in [3.05, 3.63) is 54.2 Å². The van der Waals surface area contributed by atoms with Crippen LogP contribution in [0.2, 0.25) is 0 Å². The van der Waals surface area contributed by atoms with Gasteiger partial charge in [-0.2, -0.15) is 0 Å². The van der Waals surface area contributed by atoms with Gasteiger partial charge in [-0.05, 0) is 149 Å². The summed E-state index contributed by atoms with van der Waals surface area (Å²) in [7, 11) is 1.92. The largest absolute Gasteiger partial charge is 0.446 e. The summed E-state index contributed by atoms with van der Waals surface area (Å²) in [5, 5.41) is 3.02. The van der Waals surface area contributed by atoms with E-state index < -0.39 is 12.1 Å². The number of Topliss-reactive ketones (excluding diaryl/α,β-unsaturated/α-hetero) is 1. The molecule has 1 heterocycles. The zero-order chi connectivity index (χ0) is 51.8. The highest BCUT2D eigenvalue weighted by Crippen LogP contribution is 2.67. The number of carbonyl (C=O) groups excluding carboxylic acids is 2. The molecule has 9 heteroatoms. The van der Waals surface area contributed by atoms with Crippen LogP contribution in [0, 0.1) is 46.3 Å². The van der Waals surface area contributed by atoms with Crippen LogP contribution in [-0.2, 0) is 32.5 Å². The third-order valence-corrected chi connectivity index (χ3v) is 18.5. The summed E-state index contributed by atoms with van der Waals surface area (Å²) in [5.74, 6) is 4.77. The van der Waals surface area contributed by atoms with Crippen molar-refractivity contribution in [2.24, 2.45) is 53.4 Å². The first kappa shape index (κ1) is 60.1. The first-order valence-electron chi connectivity index (χ1n) is 30.2. The molecule has 72 heavy (non-hydrogen) atoms. The van der Waals surface area contributed by atoms with Gasteiger partial charge in [0, 0.05) is 52.3 Å². The lowest BCUT2D eigenvalue weighted by Crippen LogP contribution is -2.51. The van der Waals surface area contributed by atoms with Gasteiger partial charge in [-0.25, -0.2) is 9.78 Å². The van der Waals surface area contributed by atoms with E-state index in [1.54, 1.807) is 6.33 Å². The van der Waals surface area contributed by atoms with Gasteiger partial charge in [0.2, 0.25) is 0 Å². The number of rotatable bonds is 36. The minimum atomic E-state index is -0.718. The van der Waals surface area contributed by atoms with Gasteiger partial charge in [0.1, 0.15) is 6.10 Å². The molecular formula is C63H108N4O5. The number of fused-ring (bicyclic) bond motifs is 5. The molecule has 0 bridgehead atoms. The van der Waals surface area contributed by atoms with Crippen LogP contribution in [-0.4, -0.2) is 84.0 Å². The van der Waals surface area contributed by atoms with Crippen molar-refractivity contribution >= 4 is 11.9 Å². The molecule has 0 aliphatic heterocycles. The second kappa shape index (κ2) is 32.0. The van der Waals surface area contributed by atoms with Crippen molar-refractivity contribution in [2.45, 2.75) is 241 Å².